The summed E-state index contributed by atoms with van der Waals surface area (Å²) < 4.78 is 2.29. The average Bonchev–Trinajstić information content (AvgIpc) is 2.82. The van der Waals surface area contributed by atoms with Crippen LogP contribution in [0.2, 0.25) is 0 Å². The average molecular weight is 287 g/mol. The largest absolute Gasteiger partial charge is 0.355 e. The van der Waals surface area contributed by atoms with E-state index in [0.29, 0.717) is 6.54 Å². The van der Waals surface area contributed by atoms with Gasteiger partial charge in [0.2, 0.25) is 5.91 Å². The Balaban J connectivity index is 2.12. The van der Waals surface area contributed by atoms with Crippen LogP contribution in [0.1, 0.15) is 39.4 Å². The monoisotopic (exact) mass is 287 g/mol. The molecular formula is C17H25N3O. The molecule has 0 saturated heterocycles. The van der Waals surface area contributed by atoms with Crippen molar-refractivity contribution >= 4 is 16.9 Å². The van der Waals surface area contributed by atoms with Crippen molar-refractivity contribution in [2.75, 3.05) is 6.54 Å². The second-order valence-electron chi connectivity index (χ2n) is 5.72. The highest BCUT2D eigenvalue weighted by Crippen LogP contribution is 2.17. The van der Waals surface area contributed by atoms with Crippen molar-refractivity contribution in [3.05, 3.63) is 30.1 Å². The number of fused-ring (bicyclic) bond motifs is 1. The molecule has 4 heteroatoms. The number of benzene rings is 1. The van der Waals surface area contributed by atoms with Gasteiger partial charge in [0.15, 0.2) is 0 Å². The first-order chi connectivity index (χ1) is 10.1. The lowest BCUT2D eigenvalue weighted by Gasteiger charge is -2.10. The molecule has 2 aromatic rings. The van der Waals surface area contributed by atoms with Gasteiger partial charge in [0, 0.05) is 25.4 Å². The van der Waals surface area contributed by atoms with Crippen LogP contribution in [-0.4, -0.2) is 22.0 Å². The van der Waals surface area contributed by atoms with Crippen LogP contribution in [-0.2, 0) is 17.8 Å². The van der Waals surface area contributed by atoms with Gasteiger partial charge in [0.25, 0.3) is 0 Å². The third-order valence-corrected chi connectivity index (χ3v) is 3.64. The molecule has 0 unspecified atom stereocenters. The number of carbonyl (C=O) groups excluding carboxylic acids is 1. The Bertz CT molecular complexity index is 601. The summed E-state index contributed by atoms with van der Waals surface area (Å²) in [7, 11) is 0. The molecule has 4 nitrogen and oxygen atoms in total. The number of rotatable bonds is 7. The van der Waals surface area contributed by atoms with Crippen molar-refractivity contribution in [1.29, 1.82) is 0 Å². The number of nitrogens with zero attached hydrogens (tertiary/aromatic N) is 2. The zero-order valence-electron chi connectivity index (χ0n) is 13.2. The molecule has 0 fully saturated rings. The highest BCUT2D eigenvalue weighted by molar-refractivity contribution is 5.78. The van der Waals surface area contributed by atoms with Gasteiger partial charge in [-0.3, -0.25) is 4.79 Å². The number of hydrogen-bond donors (Lipinski definition) is 1. The second kappa shape index (κ2) is 7.25. The van der Waals surface area contributed by atoms with Gasteiger partial charge in [-0.1, -0.05) is 39.3 Å². The first-order valence-corrected chi connectivity index (χ1v) is 7.85. The Hall–Kier alpha value is -1.84. The maximum atomic E-state index is 11.6. The maximum Gasteiger partial charge on any atom is 0.222 e. The van der Waals surface area contributed by atoms with E-state index in [2.05, 4.69) is 28.9 Å². The van der Waals surface area contributed by atoms with Crippen LogP contribution in [0, 0.1) is 5.92 Å². The van der Waals surface area contributed by atoms with Crippen LogP contribution < -0.4 is 5.32 Å². The van der Waals surface area contributed by atoms with Gasteiger partial charge in [-0.15, -0.1) is 0 Å². The lowest BCUT2D eigenvalue weighted by Crippen LogP contribution is -2.30. The number of amides is 1. The highest BCUT2D eigenvalue weighted by atomic mass is 16.1. The fraction of sp³-hybridized carbons (Fsp3) is 0.529. The van der Waals surface area contributed by atoms with Crippen LogP contribution in [0.5, 0.6) is 0 Å². The molecule has 1 amide bonds. The minimum atomic E-state index is 0.0314. The zero-order valence-corrected chi connectivity index (χ0v) is 13.2. The number of hydrogen-bond acceptors (Lipinski definition) is 2. The summed E-state index contributed by atoms with van der Waals surface area (Å²) in [5.41, 5.74) is 2.23. The van der Waals surface area contributed by atoms with E-state index >= 15 is 0 Å². The number of aryl methyl sites for hydroxylation is 1. The minimum absolute atomic E-state index is 0.0314. The summed E-state index contributed by atoms with van der Waals surface area (Å²) in [6, 6.07) is 8.24. The van der Waals surface area contributed by atoms with E-state index in [1.54, 1.807) is 0 Å². The molecule has 21 heavy (non-hydrogen) atoms. The normalized spacial score (nSPS) is 11.2. The summed E-state index contributed by atoms with van der Waals surface area (Å²) in [5, 5.41) is 2.97. The van der Waals surface area contributed by atoms with Crippen LogP contribution in [0.4, 0.5) is 0 Å². The Morgan fingerprint density at radius 1 is 1.33 bits per heavy atom. The predicted molar refractivity (Wildman–Crippen MR) is 86.2 cm³/mol. The molecular weight excluding hydrogens is 262 g/mol. The number of para-hydroxylation sites is 2. The summed E-state index contributed by atoms with van der Waals surface area (Å²) in [4.78, 5) is 16.3. The molecule has 0 bridgehead atoms. The first-order valence-electron chi connectivity index (χ1n) is 7.85. The van der Waals surface area contributed by atoms with Gasteiger partial charge in [-0.25, -0.2) is 4.98 Å². The van der Waals surface area contributed by atoms with E-state index < -0.39 is 0 Å². The van der Waals surface area contributed by atoms with Crippen molar-refractivity contribution in [1.82, 2.24) is 14.9 Å². The van der Waals surface area contributed by atoms with Gasteiger partial charge < -0.3 is 9.88 Å². The van der Waals surface area contributed by atoms with Gasteiger partial charge in [0.1, 0.15) is 5.82 Å². The molecule has 0 atom stereocenters. The van der Waals surface area contributed by atoms with E-state index in [-0.39, 0.29) is 11.8 Å². The quantitative estimate of drug-likeness (QED) is 0.850. The van der Waals surface area contributed by atoms with Crippen LogP contribution in [0.25, 0.3) is 11.0 Å². The van der Waals surface area contributed by atoms with E-state index in [0.717, 1.165) is 37.1 Å². The standard InChI is InChI=1S/C17H25N3O/c1-4-5-12-20-15-9-7-6-8-14(15)19-16(20)10-11-18-17(21)13(2)3/h6-9,13H,4-5,10-12H2,1-3H3,(H,18,21). The topological polar surface area (TPSA) is 46.9 Å². The fourth-order valence-corrected chi connectivity index (χ4v) is 2.38. The summed E-state index contributed by atoms with van der Waals surface area (Å²) in [5.74, 6) is 1.20. The Kier molecular flexibility index (Phi) is 5.37. The molecule has 1 aromatic carbocycles. The number of nitrogens with one attached hydrogen (secondary N) is 1. The molecule has 2 rings (SSSR count). The van der Waals surface area contributed by atoms with Crippen LogP contribution >= 0.6 is 0 Å². The van der Waals surface area contributed by atoms with E-state index in [4.69, 9.17) is 4.98 Å². The lowest BCUT2D eigenvalue weighted by molar-refractivity contribution is -0.123. The highest BCUT2D eigenvalue weighted by Gasteiger charge is 2.11. The number of aromatic nitrogens is 2. The number of carbonyl (C=O) groups is 1. The SMILES string of the molecule is CCCCn1c(CCNC(=O)C(C)C)nc2ccccc21. The Morgan fingerprint density at radius 2 is 2.10 bits per heavy atom. The van der Waals surface area contributed by atoms with Gasteiger partial charge >= 0.3 is 0 Å². The second-order valence-corrected chi connectivity index (χ2v) is 5.72. The molecule has 0 spiro atoms. The van der Waals surface area contributed by atoms with Crippen molar-refractivity contribution in [3.63, 3.8) is 0 Å². The molecule has 0 saturated carbocycles. The molecule has 0 aliphatic heterocycles. The zero-order chi connectivity index (χ0) is 15.2. The number of unbranched alkanes of at least 4 members (excludes halogenated alkanes) is 1. The Labute approximate surface area is 126 Å². The van der Waals surface area contributed by atoms with E-state index in [1.807, 2.05) is 26.0 Å². The van der Waals surface area contributed by atoms with Gasteiger partial charge in [0.05, 0.1) is 11.0 Å². The molecule has 1 N–H and O–H groups in total. The molecule has 114 valence electrons. The molecule has 0 radical (unpaired) electrons. The van der Waals surface area contributed by atoms with Crippen molar-refractivity contribution in [3.8, 4) is 0 Å². The molecule has 0 aliphatic carbocycles. The Morgan fingerprint density at radius 3 is 2.81 bits per heavy atom. The summed E-state index contributed by atoms with van der Waals surface area (Å²) in [6.07, 6.45) is 3.08. The summed E-state index contributed by atoms with van der Waals surface area (Å²) in [6.45, 7) is 7.65. The predicted octanol–water partition coefficient (Wildman–Crippen LogP) is 3.15. The number of imidazole rings is 1. The third-order valence-electron chi connectivity index (χ3n) is 3.64. The van der Waals surface area contributed by atoms with E-state index in [9.17, 15) is 4.79 Å². The molecule has 1 heterocycles. The minimum Gasteiger partial charge on any atom is -0.355 e. The smallest absolute Gasteiger partial charge is 0.222 e. The van der Waals surface area contributed by atoms with Crippen molar-refractivity contribution in [2.45, 2.75) is 46.6 Å². The fourth-order valence-electron chi connectivity index (χ4n) is 2.38. The van der Waals surface area contributed by atoms with Crippen molar-refractivity contribution in [2.24, 2.45) is 5.92 Å². The maximum absolute atomic E-state index is 11.6. The molecule has 0 aliphatic rings. The third kappa shape index (κ3) is 3.84. The first kappa shape index (κ1) is 15.5. The lowest BCUT2D eigenvalue weighted by atomic mass is 10.2. The molecule has 1 aromatic heterocycles. The van der Waals surface area contributed by atoms with Crippen molar-refractivity contribution < 1.29 is 4.79 Å². The van der Waals surface area contributed by atoms with E-state index in [1.165, 1.54) is 5.52 Å². The summed E-state index contributed by atoms with van der Waals surface area (Å²) >= 11 is 0. The van der Waals surface area contributed by atoms with Crippen LogP contribution in [0.3, 0.4) is 0 Å². The van der Waals surface area contributed by atoms with Gasteiger partial charge in [-0.05, 0) is 18.6 Å². The van der Waals surface area contributed by atoms with Gasteiger partial charge in [-0.2, -0.15) is 0 Å². The van der Waals surface area contributed by atoms with Crippen LogP contribution in [0.15, 0.2) is 24.3 Å².